The van der Waals surface area contributed by atoms with Gasteiger partial charge in [-0.15, -0.1) is 0 Å². The predicted octanol–water partition coefficient (Wildman–Crippen LogP) is 2.64. The second-order valence-electron chi connectivity index (χ2n) is 3.88. The molecule has 16 heavy (non-hydrogen) atoms. The van der Waals surface area contributed by atoms with Crippen LogP contribution in [0, 0.1) is 11.6 Å². The van der Waals surface area contributed by atoms with E-state index in [9.17, 15) is 13.6 Å². The average molecular weight is 226 g/mol. The van der Waals surface area contributed by atoms with Crippen molar-refractivity contribution in [3.8, 4) is 0 Å². The molecule has 1 fully saturated rings. The van der Waals surface area contributed by atoms with Crippen LogP contribution in [-0.4, -0.2) is 12.1 Å². The van der Waals surface area contributed by atoms with Crippen LogP contribution >= 0.6 is 0 Å². The smallest absolute Gasteiger partial charge is 0.319 e. The second kappa shape index (κ2) is 4.47. The molecule has 2 amide bonds. The van der Waals surface area contributed by atoms with Gasteiger partial charge in [-0.1, -0.05) is 0 Å². The van der Waals surface area contributed by atoms with Gasteiger partial charge in [-0.2, -0.15) is 0 Å². The summed E-state index contributed by atoms with van der Waals surface area (Å²) in [5.74, 6) is -1.42. The Morgan fingerprint density at radius 2 is 1.81 bits per heavy atom. The topological polar surface area (TPSA) is 41.1 Å². The predicted molar refractivity (Wildman–Crippen MR) is 56.2 cm³/mol. The summed E-state index contributed by atoms with van der Waals surface area (Å²) in [4.78, 5) is 11.4. The quantitative estimate of drug-likeness (QED) is 0.799. The minimum Gasteiger partial charge on any atom is -0.335 e. The van der Waals surface area contributed by atoms with Gasteiger partial charge in [0.2, 0.25) is 0 Å². The summed E-state index contributed by atoms with van der Waals surface area (Å²) in [5.41, 5.74) is 0.120. The Balaban J connectivity index is 1.94. The van der Waals surface area contributed by atoms with E-state index >= 15 is 0 Å². The third kappa shape index (κ3) is 2.68. The van der Waals surface area contributed by atoms with Crippen molar-refractivity contribution in [1.82, 2.24) is 5.32 Å². The summed E-state index contributed by atoms with van der Waals surface area (Å²) < 4.78 is 25.6. The monoisotopic (exact) mass is 226 g/mol. The number of anilines is 1. The maximum Gasteiger partial charge on any atom is 0.319 e. The van der Waals surface area contributed by atoms with Gasteiger partial charge >= 0.3 is 6.03 Å². The number of urea groups is 1. The van der Waals surface area contributed by atoms with E-state index in [4.69, 9.17) is 0 Å². The first-order valence-electron chi connectivity index (χ1n) is 5.17. The lowest BCUT2D eigenvalue weighted by Crippen LogP contribution is -2.41. The van der Waals surface area contributed by atoms with Crippen LogP contribution in [0.4, 0.5) is 19.3 Å². The fraction of sp³-hybridized carbons (Fsp3) is 0.364. The van der Waals surface area contributed by atoms with E-state index in [0.717, 1.165) is 37.5 Å². The Morgan fingerprint density at radius 3 is 2.31 bits per heavy atom. The fourth-order valence-corrected chi connectivity index (χ4v) is 1.53. The zero-order chi connectivity index (χ0) is 11.5. The van der Waals surface area contributed by atoms with Crippen molar-refractivity contribution in [3.05, 3.63) is 29.8 Å². The molecule has 0 radical (unpaired) electrons. The number of carbonyl (C=O) groups is 1. The molecule has 0 heterocycles. The Bertz CT molecular complexity index is 385. The fourth-order valence-electron chi connectivity index (χ4n) is 1.53. The van der Waals surface area contributed by atoms with E-state index in [0.29, 0.717) is 0 Å². The average Bonchev–Trinajstić information content (AvgIpc) is 2.09. The number of rotatable bonds is 2. The molecule has 1 aromatic carbocycles. The standard InChI is InChI=1S/C11H12F2N2O/c12-7-4-8(13)6-10(5-7)15-11(16)14-9-2-1-3-9/h4-6,9H,1-3H2,(H2,14,15,16). The van der Waals surface area contributed by atoms with Crippen LogP contribution in [0.15, 0.2) is 18.2 Å². The van der Waals surface area contributed by atoms with Gasteiger partial charge in [0.1, 0.15) is 11.6 Å². The van der Waals surface area contributed by atoms with Crippen molar-refractivity contribution in [1.29, 1.82) is 0 Å². The van der Waals surface area contributed by atoms with Gasteiger partial charge in [0.15, 0.2) is 0 Å². The first kappa shape index (κ1) is 10.9. The van der Waals surface area contributed by atoms with Crippen LogP contribution in [0.1, 0.15) is 19.3 Å². The SMILES string of the molecule is O=C(Nc1cc(F)cc(F)c1)NC1CCC1. The van der Waals surface area contributed by atoms with Gasteiger partial charge in [0.25, 0.3) is 0 Å². The molecule has 0 aromatic heterocycles. The molecule has 2 rings (SSSR count). The molecule has 3 nitrogen and oxygen atoms in total. The molecule has 0 bridgehead atoms. The minimum atomic E-state index is -0.709. The Labute approximate surface area is 91.8 Å². The van der Waals surface area contributed by atoms with Gasteiger partial charge in [-0.25, -0.2) is 13.6 Å². The lowest BCUT2D eigenvalue weighted by molar-refractivity contribution is 0.240. The lowest BCUT2D eigenvalue weighted by atomic mass is 9.93. The van der Waals surface area contributed by atoms with Gasteiger partial charge in [0.05, 0.1) is 0 Å². The maximum atomic E-state index is 12.8. The largest absolute Gasteiger partial charge is 0.335 e. The second-order valence-corrected chi connectivity index (χ2v) is 3.88. The summed E-state index contributed by atoms with van der Waals surface area (Å²) in [7, 11) is 0. The molecule has 0 spiro atoms. The van der Waals surface area contributed by atoms with E-state index in [1.54, 1.807) is 0 Å². The van der Waals surface area contributed by atoms with Crippen molar-refractivity contribution in [2.75, 3.05) is 5.32 Å². The van der Waals surface area contributed by atoms with Gasteiger partial charge in [-0.3, -0.25) is 0 Å². The zero-order valence-electron chi connectivity index (χ0n) is 8.59. The van der Waals surface area contributed by atoms with Crippen molar-refractivity contribution in [2.24, 2.45) is 0 Å². The highest BCUT2D eigenvalue weighted by Crippen LogP contribution is 2.18. The van der Waals surface area contributed by atoms with E-state index in [-0.39, 0.29) is 11.7 Å². The molecular weight excluding hydrogens is 214 g/mol. The molecule has 1 saturated carbocycles. The van der Waals surface area contributed by atoms with Crippen LogP contribution in [0.5, 0.6) is 0 Å². The normalized spacial score (nSPS) is 15.4. The molecule has 2 N–H and O–H groups in total. The molecule has 86 valence electrons. The number of amides is 2. The summed E-state index contributed by atoms with van der Waals surface area (Å²) in [6.45, 7) is 0. The highest BCUT2D eigenvalue weighted by Gasteiger charge is 2.19. The maximum absolute atomic E-state index is 12.8. The molecule has 1 aliphatic rings. The van der Waals surface area contributed by atoms with Crippen molar-refractivity contribution in [3.63, 3.8) is 0 Å². The van der Waals surface area contributed by atoms with Crippen LogP contribution in [0.2, 0.25) is 0 Å². The third-order valence-corrected chi connectivity index (χ3v) is 2.56. The van der Waals surface area contributed by atoms with Crippen LogP contribution in [0.3, 0.4) is 0 Å². The molecule has 0 saturated heterocycles. The van der Waals surface area contributed by atoms with Gasteiger partial charge < -0.3 is 10.6 Å². The highest BCUT2D eigenvalue weighted by atomic mass is 19.1. The first-order chi connectivity index (χ1) is 7.63. The molecule has 1 aromatic rings. The number of hydrogen-bond donors (Lipinski definition) is 2. The molecule has 0 aliphatic heterocycles. The Kier molecular flexibility index (Phi) is 3.03. The molecule has 0 atom stereocenters. The van der Waals surface area contributed by atoms with E-state index in [1.807, 2.05) is 0 Å². The van der Waals surface area contributed by atoms with Gasteiger partial charge in [0, 0.05) is 17.8 Å². The summed E-state index contributed by atoms with van der Waals surface area (Å²) >= 11 is 0. The van der Waals surface area contributed by atoms with Crippen LogP contribution in [-0.2, 0) is 0 Å². The van der Waals surface area contributed by atoms with E-state index in [1.165, 1.54) is 0 Å². The first-order valence-corrected chi connectivity index (χ1v) is 5.17. The number of nitrogens with one attached hydrogen (secondary N) is 2. The minimum absolute atomic E-state index is 0.120. The summed E-state index contributed by atoms with van der Waals surface area (Å²) in [6.07, 6.45) is 3.04. The molecule has 1 aliphatic carbocycles. The van der Waals surface area contributed by atoms with Crippen LogP contribution in [0.25, 0.3) is 0 Å². The number of halogens is 2. The lowest BCUT2D eigenvalue weighted by Gasteiger charge is -2.26. The summed E-state index contributed by atoms with van der Waals surface area (Å²) in [5, 5.41) is 5.10. The Hall–Kier alpha value is -1.65. The highest BCUT2D eigenvalue weighted by molar-refractivity contribution is 5.89. The van der Waals surface area contributed by atoms with Gasteiger partial charge in [-0.05, 0) is 31.4 Å². The summed E-state index contributed by atoms with van der Waals surface area (Å²) in [6, 6.07) is 2.68. The molecule has 0 unspecified atom stereocenters. The van der Waals surface area contributed by atoms with E-state index in [2.05, 4.69) is 10.6 Å². The number of hydrogen-bond acceptors (Lipinski definition) is 1. The number of benzene rings is 1. The number of carbonyl (C=O) groups excluding carboxylic acids is 1. The zero-order valence-corrected chi connectivity index (χ0v) is 8.59. The third-order valence-electron chi connectivity index (χ3n) is 2.56. The molecular formula is C11H12F2N2O. The van der Waals surface area contributed by atoms with E-state index < -0.39 is 17.7 Å². The van der Waals surface area contributed by atoms with Crippen molar-refractivity contribution < 1.29 is 13.6 Å². The Morgan fingerprint density at radius 1 is 1.19 bits per heavy atom. The van der Waals surface area contributed by atoms with Crippen molar-refractivity contribution in [2.45, 2.75) is 25.3 Å². The van der Waals surface area contributed by atoms with Crippen molar-refractivity contribution >= 4 is 11.7 Å². The molecule has 5 heteroatoms. The van der Waals surface area contributed by atoms with Crippen LogP contribution < -0.4 is 10.6 Å².